The monoisotopic (exact) mass is 297 g/mol. The Balaban J connectivity index is 1.74. The minimum Gasteiger partial charge on any atom is -0.334 e. The van der Waals surface area contributed by atoms with Gasteiger partial charge in [-0.15, -0.1) is 0 Å². The number of aromatic nitrogens is 1. The lowest BCUT2D eigenvalue weighted by atomic mass is 9.99. The molecule has 22 heavy (non-hydrogen) atoms. The molecule has 1 aliphatic rings. The largest absolute Gasteiger partial charge is 0.334 e. The minimum atomic E-state index is -0.590. The standard InChI is InChI=1S/C17H19N3O2/c1-12-7-10-20(11-8-12)17(22)16(21)19-14-6-2-4-13-5-3-9-18-15(13)14/h2-6,9,12H,7-8,10-11H2,1H3,(H,19,21). The molecule has 0 unspecified atom stereocenters. The number of likely N-dealkylation sites (tertiary alicyclic amines) is 1. The van der Waals surface area contributed by atoms with E-state index in [1.54, 1.807) is 17.2 Å². The number of hydrogen-bond donors (Lipinski definition) is 1. The molecule has 1 fully saturated rings. The average molecular weight is 297 g/mol. The van der Waals surface area contributed by atoms with Gasteiger partial charge in [0.25, 0.3) is 0 Å². The first-order valence-corrected chi connectivity index (χ1v) is 7.59. The molecule has 0 spiro atoms. The van der Waals surface area contributed by atoms with E-state index < -0.39 is 11.8 Å². The third-order valence-electron chi connectivity index (χ3n) is 4.15. The molecule has 1 aliphatic heterocycles. The van der Waals surface area contributed by atoms with Crippen molar-refractivity contribution in [2.24, 2.45) is 5.92 Å². The van der Waals surface area contributed by atoms with Crippen molar-refractivity contribution in [1.82, 2.24) is 9.88 Å². The normalized spacial score (nSPS) is 15.8. The molecule has 3 rings (SSSR count). The van der Waals surface area contributed by atoms with E-state index in [4.69, 9.17) is 0 Å². The summed E-state index contributed by atoms with van der Waals surface area (Å²) >= 11 is 0. The van der Waals surface area contributed by atoms with Crippen molar-refractivity contribution in [2.45, 2.75) is 19.8 Å². The smallest absolute Gasteiger partial charge is 0.313 e. The van der Waals surface area contributed by atoms with Gasteiger partial charge >= 0.3 is 11.8 Å². The summed E-state index contributed by atoms with van der Waals surface area (Å²) < 4.78 is 0. The Bertz CT molecular complexity index is 701. The second-order valence-electron chi connectivity index (χ2n) is 5.81. The number of hydrogen-bond acceptors (Lipinski definition) is 3. The summed E-state index contributed by atoms with van der Waals surface area (Å²) in [6, 6.07) is 9.29. The first-order chi connectivity index (χ1) is 10.6. The fraction of sp³-hybridized carbons (Fsp3) is 0.353. The van der Waals surface area contributed by atoms with Crippen molar-refractivity contribution in [3.05, 3.63) is 36.5 Å². The lowest BCUT2D eigenvalue weighted by Gasteiger charge is -2.29. The average Bonchev–Trinajstić information content (AvgIpc) is 2.55. The minimum absolute atomic E-state index is 0.458. The number of anilines is 1. The van der Waals surface area contributed by atoms with Crippen LogP contribution in [0, 0.1) is 5.92 Å². The van der Waals surface area contributed by atoms with E-state index >= 15 is 0 Å². The highest BCUT2D eigenvalue weighted by atomic mass is 16.2. The Labute approximate surface area is 129 Å². The fourth-order valence-corrected chi connectivity index (χ4v) is 2.74. The van der Waals surface area contributed by atoms with Crippen LogP contribution in [0.5, 0.6) is 0 Å². The maximum absolute atomic E-state index is 12.2. The van der Waals surface area contributed by atoms with Gasteiger partial charge in [0.15, 0.2) is 0 Å². The van der Waals surface area contributed by atoms with Crippen molar-refractivity contribution >= 4 is 28.4 Å². The lowest BCUT2D eigenvalue weighted by molar-refractivity contribution is -0.144. The number of fused-ring (bicyclic) bond motifs is 1. The van der Waals surface area contributed by atoms with Gasteiger partial charge < -0.3 is 10.2 Å². The van der Waals surface area contributed by atoms with Gasteiger partial charge in [-0.25, -0.2) is 0 Å². The molecule has 2 aromatic rings. The predicted molar refractivity (Wildman–Crippen MR) is 85.4 cm³/mol. The van der Waals surface area contributed by atoms with E-state index in [1.165, 1.54) is 0 Å². The molecule has 0 saturated carbocycles. The summed E-state index contributed by atoms with van der Waals surface area (Å²) in [6.45, 7) is 3.48. The van der Waals surface area contributed by atoms with Crippen LogP contribution in [0.1, 0.15) is 19.8 Å². The van der Waals surface area contributed by atoms with E-state index in [9.17, 15) is 9.59 Å². The maximum atomic E-state index is 12.2. The van der Waals surface area contributed by atoms with Crippen molar-refractivity contribution in [1.29, 1.82) is 0 Å². The number of nitrogens with one attached hydrogen (secondary N) is 1. The Morgan fingerprint density at radius 2 is 1.91 bits per heavy atom. The number of amides is 2. The summed E-state index contributed by atoms with van der Waals surface area (Å²) in [6.07, 6.45) is 3.58. The molecule has 0 bridgehead atoms. The Morgan fingerprint density at radius 1 is 1.18 bits per heavy atom. The van der Waals surface area contributed by atoms with Crippen molar-refractivity contribution in [3.8, 4) is 0 Å². The molecule has 2 amide bonds. The molecule has 0 radical (unpaired) electrons. The van der Waals surface area contributed by atoms with Crippen LogP contribution in [0.15, 0.2) is 36.5 Å². The zero-order valence-corrected chi connectivity index (χ0v) is 12.6. The highest BCUT2D eigenvalue weighted by Crippen LogP contribution is 2.21. The molecule has 1 saturated heterocycles. The number of para-hydroxylation sites is 1. The van der Waals surface area contributed by atoms with Crippen molar-refractivity contribution in [3.63, 3.8) is 0 Å². The highest BCUT2D eigenvalue weighted by molar-refractivity contribution is 6.40. The van der Waals surface area contributed by atoms with Crippen LogP contribution in [-0.2, 0) is 9.59 Å². The third-order valence-corrected chi connectivity index (χ3v) is 4.15. The molecule has 0 aliphatic carbocycles. The lowest BCUT2D eigenvalue weighted by Crippen LogP contribution is -2.43. The van der Waals surface area contributed by atoms with Crippen LogP contribution in [0.2, 0.25) is 0 Å². The molecular formula is C17H19N3O2. The second-order valence-corrected chi connectivity index (χ2v) is 5.81. The predicted octanol–water partition coefficient (Wildman–Crippen LogP) is 2.43. The fourth-order valence-electron chi connectivity index (χ4n) is 2.74. The molecule has 0 atom stereocenters. The SMILES string of the molecule is CC1CCN(C(=O)C(=O)Nc2cccc3cccnc23)CC1. The molecule has 2 heterocycles. The molecule has 5 nitrogen and oxygen atoms in total. The molecule has 114 valence electrons. The molecular weight excluding hydrogens is 278 g/mol. The van der Waals surface area contributed by atoms with Crippen LogP contribution in [0.4, 0.5) is 5.69 Å². The van der Waals surface area contributed by atoms with Crippen LogP contribution in [-0.4, -0.2) is 34.8 Å². The van der Waals surface area contributed by atoms with E-state index in [0.717, 1.165) is 18.2 Å². The van der Waals surface area contributed by atoms with E-state index in [2.05, 4.69) is 17.2 Å². The van der Waals surface area contributed by atoms with Gasteiger partial charge in [-0.3, -0.25) is 14.6 Å². The third kappa shape index (κ3) is 2.93. The van der Waals surface area contributed by atoms with E-state index in [1.807, 2.05) is 24.3 Å². The molecule has 1 aromatic carbocycles. The quantitative estimate of drug-likeness (QED) is 0.822. The van der Waals surface area contributed by atoms with Gasteiger partial charge in [-0.1, -0.05) is 25.1 Å². The summed E-state index contributed by atoms with van der Waals surface area (Å²) in [7, 11) is 0. The van der Waals surface area contributed by atoms with Gasteiger partial charge in [0.2, 0.25) is 0 Å². The Kier molecular flexibility index (Phi) is 4.04. The molecule has 1 aromatic heterocycles. The molecule has 5 heteroatoms. The Morgan fingerprint density at radius 3 is 2.68 bits per heavy atom. The number of rotatable bonds is 1. The number of carbonyl (C=O) groups is 2. The highest BCUT2D eigenvalue weighted by Gasteiger charge is 2.25. The van der Waals surface area contributed by atoms with Gasteiger partial charge in [0, 0.05) is 24.7 Å². The van der Waals surface area contributed by atoms with Gasteiger partial charge in [-0.05, 0) is 30.9 Å². The van der Waals surface area contributed by atoms with Gasteiger partial charge in [0.1, 0.15) is 0 Å². The van der Waals surface area contributed by atoms with E-state index in [-0.39, 0.29) is 0 Å². The summed E-state index contributed by atoms with van der Waals surface area (Å²) in [4.78, 5) is 30.4. The zero-order chi connectivity index (χ0) is 15.5. The number of benzene rings is 1. The summed E-state index contributed by atoms with van der Waals surface area (Å²) in [5.41, 5.74) is 1.26. The van der Waals surface area contributed by atoms with Gasteiger partial charge in [-0.2, -0.15) is 0 Å². The number of piperidine rings is 1. The zero-order valence-electron chi connectivity index (χ0n) is 12.6. The Hall–Kier alpha value is -2.43. The molecule has 1 N–H and O–H groups in total. The van der Waals surface area contributed by atoms with Gasteiger partial charge in [0.05, 0.1) is 11.2 Å². The first-order valence-electron chi connectivity index (χ1n) is 7.59. The first kappa shape index (κ1) is 14.5. The number of carbonyl (C=O) groups excluding carboxylic acids is 2. The maximum Gasteiger partial charge on any atom is 0.313 e. The van der Waals surface area contributed by atoms with Crippen LogP contribution in [0.25, 0.3) is 10.9 Å². The summed E-state index contributed by atoms with van der Waals surface area (Å²) in [5.74, 6) is -0.429. The second kappa shape index (κ2) is 6.13. The van der Waals surface area contributed by atoms with Crippen LogP contribution < -0.4 is 5.32 Å². The van der Waals surface area contributed by atoms with Crippen LogP contribution >= 0.6 is 0 Å². The van der Waals surface area contributed by atoms with Crippen LogP contribution in [0.3, 0.4) is 0 Å². The van der Waals surface area contributed by atoms with Crippen molar-refractivity contribution in [2.75, 3.05) is 18.4 Å². The number of nitrogens with zero attached hydrogens (tertiary/aromatic N) is 2. The van der Waals surface area contributed by atoms with E-state index in [0.29, 0.717) is 30.2 Å². The number of pyridine rings is 1. The topological polar surface area (TPSA) is 62.3 Å². The summed E-state index contributed by atoms with van der Waals surface area (Å²) in [5, 5.41) is 3.63. The van der Waals surface area contributed by atoms with Crippen molar-refractivity contribution < 1.29 is 9.59 Å².